The molecule has 0 amide bonds. The molecule has 0 aromatic heterocycles. The zero-order chi connectivity index (χ0) is 20.9. The van der Waals surface area contributed by atoms with E-state index in [9.17, 15) is 13.5 Å². The fourth-order valence-electron chi connectivity index (χ4n) is 3.47. The van der Waals surface area contributed by atoms with Crippen LogP contribution in [0.25, 0.3) is 0 Å². The number of aliphatic hydroxyl groups is 1. The SMILES string of the molecule is COc1ccc(OCC(O)CNC2CCC(NS(C)(=O)=O)C2)c(C(C)(C)C)c1. The molecule has 1 aromatic carbocycles. The summed E-state index contributed by atoms with van der Waals surface area (Å²) in [5, 5.41) is 13.6. The molecule has 1 fully saturated rings. The third kappa shape index (κ3) is 7.24. The second kappa shape index (κ2) is 9.43. The lowest BCUT2D eigenvalue weighted by atomic mass is 9.86. The fourth-order valence-corrected chi connectivity index (χ4v) is 4.29. The van der Waals surface area contributed by atoms with Crippen LogP contribution in [0.4, 0.5) is 0 Å². The molecule has 1 aliphatic carbocycles. The van der Waals surface area contributed by atoms with Crippen molar-refractivity contribution < 1.29 is 23.0 Å². The van der Waals surface area contributed by atoms with Crippen LogP contribution in [0.2, 0.25) is 0 Å². The third-order valence-electron chi connectivity index (χ3n) is 4.88. The van der Waals surface area contributed by atoms with E-state index in [4.69, 9.17) is 9.47 Å². The fraction of sp³-hybridized carbons (Fsp3) is 0.700. The Balaban J connectivity index is 1.83. The zero-order valence-electron chi connectivity index (χ0n) is 17.5. The molecule has 1 aliphatic rings. The molecule has 3 N–H and O–H groups in total. The van der Waals surface area contributed by atoms with Gasteiger partial charge in [-0.05, 0) is 42.9 Å². The van der Waals surface area contributed by atoms with Crippen molar-refractivity contribution in [3.05, 3.63) is 23.8 Å². The number of nitrogens with one attached hydrogen (secondary N) is 2. The summed E-state index contributed by atoms with van der Waals surface area (Å²) in [5.41, 5.74) is 0.913. The highest BCUT2D eigenvalue weighted by Gasteiger charge is 2.27. The smallest absolute Gasteiger partial charge is 0.208 e. The molecular formula is C20H34N2O5S. The summed E-state index contributed by atoms with van der Waals surface area (Å²) in [6.07, 6.45) is 2.94. The summed E-state index contributed by atoms with van der Waals surface area (Å²) in [7, 11) is -1.54. The number of aliphatic hydroxyl groups excluding tert-OH is 1. The van der Waals surface area contributed by atoms with Crippen molar-refractivity contribution in [1.29, 1.82) is 0 Å². The predicted octanol–water partition coefficient (Wildman–Crippen LogP) is 1.79. The molecular weight excluding hydrogens is 380 g/mol. The van der Waals surface area contributed by atoms with Crippen molar-refractivity contribution in [3.63, 3.8) is 0 Å². The lowest BCUT2D eigenvalue weighted by Gasteiger charge is -2.24. The first-order chi connectivity index (χ1) is 13.0. The van der Waals surface area contributed by atoms with Crippen LogP contribution in [0.3, 0.4) is 0 Å². The number of benzene rings is 1. The normalized spacial score (nSPS) is 21.5. The minimum atomic E-state index is -3.18. The average molecular weight is 415 g/mol. The molecule has 3 unspecified atom stereocenters. The van der Waals surface area contributed by atoms with Gasteiger partial charge in [-0.15, -0.1) is 0 Å². The van der Waals surface area contributed by atoms with Crippen LogP contribution in [-0.2, 0) is 15.4 Å². The van der Waals surface area contributed by atoms with Crippen molar-refractivity contribution in [2.45, 2.75) is 63.6 Å². The maximum atomic E-state index is 11.3. The van der Waals surface area contributed by atoms with Crippen molar-refractivity contribution in [2.75, 3.05) is 26.5 Å². The van der Waals surface area contributed by atoms with Gasteiger partial charge in [-0.3, -0.25) is 0 Å². The van der Waals surface area contributed by atoms with Gasteiger partial charge in [-0.1, -0.05) is 20.8 Å². The summed E-state index contributed by atoms with van der Waals surface area (Å²) < 4.78 is 36.5. The molecule has 3 atom stereocenters. The molecule has 2 rings (SSSR count). The molecule has 0 heterocycles. The Morgan fingerprint density at radius 2 is 1.93 bits per heavy atom. The first-order valence-corrected chi connectivity index (χ1v) is 11.6. The van der Waals surface area contributed by atoms with Crippen LogP contribution in [0.15, 0.2) is 18.2 Å². The Kier molecular flexibility index (Phi) is 7.73. The summed E-state index contributed by atoms with van der Waals surface area (Å²) in [4.78, 5) is 0. The molecule has 7 nitrogen and oxygen atoms in total. The predicted molar refractivity (Wildman–Crippen MR) is 111 cm³/mol. The number of rotatable bonds is 9. The summed E-state index contributed by atoms with van der Waals surface area (Å²) in [6.45, 7) is 6.90. The van der Waals surface area contributed by atoms with Gasteiger partial charge in [0, 0.05) is 24.2 Å². The Bertz CT molecular complexity index is 745. The Morgan fingerprint density at radius 3 is 2.54 bits per heavy atom. The van der Waals surface area contributed by atoms with E-state index in [-0.39, 0.29) is 24.1 Å². The van der Waals surface area contributed by atoms with E-state index < -0.39 is 16.1 Å². The summed E-state index contributed by atoms with van der Waals surface area (Å²) in [5.74, 6) is 1.52. The van der Waals surface area contributed by atoms with Gasteiger partial charge in [0.25, 0.3) is 0 Å². The largest absolute Gasteiger partial charge is 0.497 e. The molecule has 1 aromatic rings. The van der Waals surface area contributed by atoms with E-state index in [1.807, 2.05) is 18.2 Å². The lowest BCUT2D eigenvalue weighted by molar-refractivity contribution is 0.102. The highest BCUT2D eigenvalue weighted by atomic mass is 32.2. The van der Waals surface area contributed by atoms with Crippen LogP contribution < -0.4 is 19.5 Å². The van der Waals surface area contributed by atoms with Gasteiger partial charge in [0.15, 0.2) is 0 Å². The van der Waals surface area contributed by atoms with Crippen molar-refractivity contribution in [3.8, 4) is 11.5 Å². The van der Waals surface area contributed by atoms with E-state index in [2.05, 4.69) is 30.8 Å². The molecule has 160 valence electrons. The quantitative estimate of drug-likeness (QED) is 0.570. The van der Waals surface area contributed by atoms with Crippen LogP contribution >= 0.6 is 0 Å². The summed E-state index contributed by atoms with van der Waals surface area (Å²) >= 11 is 0. The van der Waals surface area contributed by atoms with Gasteiger partial charge in [0.05, 0.1) is 13.4 Å². The van der Waals surface area contributed by atoms with Gasteiger partial charge in [-0.25, -0.2) is 13.1 Å². The monoisotopic (exact) mass is 414 g/mol. The van der Waals surface area contributed by atoms with Crippen LogP contribution in [0, 0.1) is 0 Å². The van der Waals surface area contributed by atoms with Crippen LogP contribution in [0.1, 0.15) is 45.6 Å². The number of sulfonamides is 1. The Morgan fingerprint density at radius 1 is 1.25 bits per heavy atom. The molecule has 0 saturated heterocycles. The van der Waals surface area contributed by atoms with E-state index in [0.717, 1.165) is 36.3 Å². The van der Waals surface area contributed by atoms with E-state index >= 15 is 0 Å². The van der Waals surface area contributed by atoms with E-state index in [1.54, 1.807) is 7.11 Å². The second-order valence-electron chi connectivity index (χ2n) is 8.58. The number of methoxy groups -OCH3 is 1. The van der Waals surface area contributed by atoms with Crippen molar-refractivity contribution in [1.82, 2.24) is 10.0 Å². The lowest BCUT2D eigenvalue weighted by Crippen LogP contribution is -2.38. The number of hydrogen-bond donors (Lipinski definition) is 3. The van der Waals surface area contributed by atoms with Crippen LogP contribution in [0.5, 0.6) is 11.5 Å². The topological polar surface area (TPSA) is 96.9 Å². The van der Waals surface area contributed by atoms with Crippen LogP contribution in [-0.4, -0.2) is 58.2 Å². The highest BCUT2D eigenvalue weighted by molar-refractivity contribution is 7.88. The first-order valence-electron chi connectivity index (χ1n) is 9.68. The highest BCUT2D eigenvalue weighted by Crippen LogP contribution is 2.34. The molecule has 8 heteroatoms. The van der Waals surface area contributed by atoms with Crippen molar-refractivity contribution in [2.24, 2.45) is 0 Å². The van der Waals surface area contributed by atoms with Gasteiger partial charge >= 0.3 is 0 Å². The molecule has 0 bridgehead atoms. The summed E-state index contributed by atoms with van der Waals surface area (Å²) in [6, 6.07) is 5.85. The molecule has 0 radical (unpaired) electrons. The van der Waals surface area contributed by atoms with Gasteiger partial charge in [0.2, 0.25) is 10.0 Å². The standard InChI is InChI=1S/C20H34N2O5S/c1-20(2,3)18-11-17(26-4)8-9-19(18)27-13-16(23)12-21-14-6-7-15(10-14)22-28(5,24)25/h8-9,11,14-16,21-23H,6-7,10,12-13H2,1-5H3. The first kappa shape index (κ1) is 22.9. The number of ether oxygens (including phenoxy) is 2. The molecule has 28 heavy (non-hydrogen) atoms. The zero-order valence-corrected chi connectivity index (χ0v) is 18.3. The minimum Gasteiger partial charge on any atom is -0.497 e. The second-order valence-corrected chi connectivity index (χ2v) is 10.4. The van der Waals surface area contributed by atoms with Gasteiger partial charge in [0.1, 0.15) is 24.2 Å². The Hall–Kier alpha value is -1.35. The third-order valence-corrected chi connectivity index (χ3v) is 5.64. The average Bonchev–Trinajstić information content (AvgIpc) is 3.02. The number of hydrogen-bond acceptors (Lipinski definition) is 6. The maximum absolute atomic E-state index is 11.3. The van der Waals surface area contributed by atoms with Gasteiger partial charge in [-0.2, -0.15) is 0 Å². The molecule has 0 aliphatic heterocycles. The van der Waals surface area contributed by atoms with E-state index in [0.29, 0.717) is 6.54 Å². The molecule has 0 spiro atoms. The molecule has 1 saturated carbocycles. The Labute approximate surface area is 168 Å². The van der Waals surface area contributed by atoms with Gasteiger partial charge < -0.3 is 19.9 Å². The van der Waals surface area contributed by atoms with Crippen molar-refractivity contribution >= 4 is 10.0 Å². The maximum Gasteiger partial charge on any atom is 0.208 e. The van der Waals surface area contributed by atoms with E-state index in [1.165, 1.54) is 6.26 Å². The minimum absolute atomic E-state index is 0.0328.